The normalized spacial score (nSPS) is 14.6. The Kier molecular flexibility index (Phi) is 3.83. The number of aliphatic hydroxyl groups is 1. The first-order valence-corrected chi connectivity index (χ1v) is 2.92. The first-order valence-electron chi connectivity index (χ1n) is 2.92. The van der Waals surface area contributed by atoms with Crippen molar-refractivity contribution in [3.8, 4) is 0 Å². The Morgan fingerprint density at radius 1 is 1.50 bits per heavy atom. The quantitative estimate of drug-likeness (QED) is 0.586. The van der Waals surface area contributed by atoms with Gasteiger partial charge in [0, 0.05) is 6.61 Å². The average Bonchev–Trinajstić information content (AvgIpc) is 1.69. The van der Waals surface area contributed by atoms with Gasteiger partial charge in [0.15, 0.2) is 0 Å². The zero-order valence-corrected chi connectivity index (χ0v) is 5.76. The number of hydrogen-bond donors (Lipinski definition) is 1. The third kappa shape index (κ3) is 2.28. The Bertz CT molecular complexity index is 50.5. The second-order valence-electron chi connectivity index (χ2n) is 2.25. The topological polar surface area (TPSA) is 34.3 Å². The molecular weight excluding hydrogens is 102 g/mol. The largest absolute Gasteiger partial charge is 0.660 e. The van der Waals surface area contributed by atoms with E-state index >= 15 is 0 Å². The summed E-state index contributed by atoms with van der Waals surface area (Å²) in [4.78, 5) is 0. The summed E-state index contributed by atoms with van der Waals surface area (Å²) < 4.78 is 0. The van der Waals surface area contributed by atoms with Crippen molar-refractivity contribution in [2.24, 2.45) is 5.92 Å². The fraction of sp³-hybridized carbons (Fsp3) is 1.00. The van der Waals surface area contributed by atoms with Gasteiger partial charge in [-0.15, -0.1) is 6.04 Å². The molecule has 0 aliphatic heterocycles. The smallest absolute Gasteiger partial charge is 0.0273 e. The van der Waals surface area contributed by atoms with Gasteiger partial charge < -0.3 is 10.4 Å². The number of hydrogen-bond acceptors (Lipinski definition) is 1. The first-order chi connectivity index (χ1) is 3.72. The van der Waals surface area contributed by atoms with Gasteiger partial charge in [-0.2, -0.15) is 7.05 Å². The van der Waals surface area contributed by atoms with Crippen LogP contribution in [0.4, 0.5) is 0 Å². The molecule has 0 aliphatic carbocycles. The van der Waals surface area contributed by atoms with Crippen molar-refractivity contribution in [2.45, 2.75) is 19.9 Å². The van der Waals surface area contributed by atoms with Crippen LogP contribution < -0.4 is 0 Å². The van der Waals surface area contributed by atoms with E-state index in [0.29, 0.717) is 5.92 Å². The molecule has 0 aliphatic rings. The van der Waals surface area contributed by atoms with Crippen LogP contribution in [-0.4, -0.2) is 24.8 Å². The Hall–Kier alpha value is -0.0800. The van der Waals surface area contributed by atoms with Crippen LogP contribution in [-0.2, 0) is 0 Å². The predicted molar refractivity (Wildman–Crippen MR) is 35.0 cm³/mol. The number of rotatable bonds is 3. The second kappa shape index (κ2) is 3.87. The molecule has 1 N–H and O–H groups in total. The molecule has 0 unspecified atom stereocenters. The predicted octanol–water partition coefficient (Wildman–Crippen LogP) is 1.01. The summed E-state index contributed by atoms with van der Waals surface area (Å²) in [6, 6.07) is 0.134. The molecule has 0 heterocycles. The van der Waals surface area contributed by atoms with Gasteiger partial charge in [0.05, 0.1) is 0 Å². The van der Waals surface area contributed by atoms with Crippen LogP contribution in [0.1, 0.15) is 13.8 Å². The van der Waals surface area contributed by atoms with E-state index in [1.807, 2.05) is 13.8 Å². The maximum Gasteiger partial charge on any atom is 0.0273 e. The monoisotopic (exact) mass is 116 g/mol. The maximum absolute atomic E-state index is 8.60. The molecule has 0 aromatic heterocycles. The van der Waals surface area contributed by atoms with Gasteiger partial charge in [-0.1, -0.05) is 19.8 Å². The number of likely N-dealkylation sites (N-methyl/N-ethyl adjacent to an activating group) is 1. The second-order valence-corrected chi connectivity index (χ2v) is 2.25. The van der Waals surface area contributed by atoms with Crippen molar-refractivity contribution in [1.82, 2.24) is 0 Å². The highest BCUT2D eigenvalue weighted by molar-refractivity contribution is 4.87. The molecule has 0 saturated carbocycles. The lowest BCUT2D eigenvalue weighted by Gasteiger charge is -2.29. The highest BCUT2D eigenvalue weighted by Gasteiger charge is 1.97. The number of aliphatic hydroxyl groups excluding tert-OH is 1. The molecule has 0 bridgehead atoms. The highest BCUT2D eigenvalue weighted by atomic mass is 16.3. The SMILES string of the molecule is C[N-][C@H](CO)C(C)C. The summed E-state index contributed by atoms with van der Waals surface area (Å²) in [6.45, 7) is 4.27. The molecule has 2 heteroatoms. The van der Waals surface area contributed by atoms with Crippen LogP contribution in [0.15, 0.2) is 0 Å². The van der Waals surface area contributed by atoms with Crippen LogP contribution in [0.2, 0.25) is 0 Å². The third-order valence-electron chi connectivity index (χ3n) is 1.29. The minimum absolute atomic E-state index is 0.134. The Morgan fingerprint density at radius 3 is 2.00 bits per heavy atom. The van der Waals surface area contributed by atoms with Gasteiger partial charge >= 0.3 is 0 Å². The van der Waals surface area contributed by atoms with Gasteiger partial charge in [-0.25, -0.2) is 0 Å². The summed E-state index contributed by atoms with van der Waals surface area (Å²) in [6.07, 6.45) is 0. The maximum atomic E-state index is 8.60. The summed E-state index contributed by atoms with van der Waals surface area (Å²) in [5, 5.41) is 12.6. The van der Waals surface area contributed by atoms with Crippen molar-refractivity contribution in [1.29, 1.82) is 0 Å². The lowest BCUT2D eigenvalue weighted by molar-refractivity contribution is 0.253. The van der Waals surface area contributed by atoms with Crippen molar-refractivity contribution in [3.05, 3.63) is 5.32 Å². The van der Waals surface area contributed by atoms with Crippen molar-refractivity contribution >= 4 is 0 Å². The Morgan fingerprint density at radius 2 is 2.00 bits per heavy atom. The van der Waals surface area contributed by atoms with E-state index in [1.165, 1.54) is 0 Å². The molecular formula is C6H14NO-. The van der Waals surface area contributed by atoms with E-state index in [4.69, 9.17) is 5.11 Å². The van der Waals surface area contributed by atoms with E-state index in [1.54, 1.807) is 7.05 Å². The molecule has 1 atom stereocenters. The molecule has 8 heavy (non-hydrogen) atoms. The van der Waals surface area contributed by atoms with E-state index in [0.717, 1.165) is 0 Å². The number of nitrogens with zero attached hydrogens (tertiary/aromatic N) is 1. The molecule has 0 radical (unpaired) electrons. The van der Waals surface area contributed by atoms with E-state index < -0.39 is 0 Å². The molecule has 50 valence electrons. The molecule has 0 fully saturated rings. The molecule has 0 aromatic carbocycles. The summed E-state index contributed by atoms with van der Waals surface area (Å²) in [5.74, 6) is 0.463. The molecule has 0 aromatic rings. The van der Waals surface area contributed by atoms with Gasteiger partial charge in [-0.3, -0.25) is 0 Å². The molecule has 0 rings (SSSR count). The van der Waals surface area contributed by atoms with Gasteiger partial charge in [0.1, 0.15) is 0 Å². The molecule has 0 saturated heterocycles. The van der Waals surface area contributed by atoms with E-state index in [2.05, 4.69) is 5.32 Å². The minimum Gasteiger partial charge on any atom is -0.660 e. The Balaban J connectivity index is 3.35. The molecule has 0 amide bonds. The van der Waals surface area contributed by atoms with Gasteiger partial charge in [0.2, 0.25) is 0 Å². The molecule has 2 nitrogen and oxygen atoms in total. The summed E-state index contributed by atoms with van der Waals surface area (Å²) in [5.41, 5.74) is 0. The lowest BCUT2D eigenvalue weighted by Crippen LogP contribution is -2.17. The van der Waals surface area contributed by atoms with Gasteiger partial charge in [0.25, 0.3) is 0 Å². The van der Waals surface area contributed by atoms with E-state index in [-0.39, 0.29) is 12.6 Å². The van der Waals surface area contributed by atoms with Crippen LogP contribution >= 0.6 is 0 Å². The zero-order chi connectivity index (χ0) is 6.57. The average molecular weight is 116 g/mol. The van der Waals surface area contributed by atoms with Crippen molar-refractivity contribution in [2.75, 3.05) is 13.7 Å². The van der Waals surface area contributed by atoms with Crippen molar-refractivity contribution < 1.29 is 5.11 Å². The fourth-order valence-electron chi connectivity index (χ4n) is 0.591. The Labute approximate surface area is 50.9 Å². The molecule has 0 spiro atoms. The third-order valence-corrected chi connectivity index (χ3v) is 1.29. The van der Waals surface area contributed by atoms with Crippen molar-refractivity contribution in [3.63, 3.8) is 0 Å². The first kappa shape index (κ1) is 7.92. The summed E-state index contributed by atoms with van der Waals surface area (Å²) >= 11 is 0. The van der Waals surface area contributed by atoms with Crippen LogP contribution in [0, 0.1) is 5.92 Å². The zero-order valence-electron chi connectivity index (χ0n) is 5.76. The minimum atomic E-state index is 0.134. The van der Waals surface area contributed by atoms with Crippen LogP contribution in [0.25, 0.3) is 5.32 Å². The lowest BCUT2D eigenvalue weighted by atomic mass is 10.1. The van der Waals surface area contributed by atoms with Crippen LogP contribution in [0.5, 0.6) is 0 Å². The standard InChI is InChI=1S/C6H14NO/c1-5(2)6(4-8)7-3/h5-6,8H,4H2,1-3H3/q-1/t6-/m1/s1. The fourth-order valence-corrected chi connectivity index (χ4v) is 0.591. The summed E-state index contributed by atoms with van der Waals surface area (Å²) in [7, 11) is 1.74. The van der Waals surface area contributed by atoms with Gasteiger partial charge in [-0.05, 0) is 0 Å². The highest BCUT2D eigenvalue weighted by Crippen LogP contribution is 2.07. The van der Waals surface area contributed by atoms with Crippen LogP contribution in [0.3, 0.4) is 0 Å². The van der Waals surface area contributed by atoms with E-state index in [9.17, 15) is 0 Å².